The fourth-order valence-electron chi connectivity index (χ4n) is 3.60. The van der Waals surface area contributed by atoms with Crippen LogP contribution in [0.1, 0.15) is 36.7 Å². The van der Waals surface area contributed by atoms with Crippen molar-refractivity contribution in [2.75, 3.05) is 43.1 Å². The SMILES string of the molecule is CN(C)CCN(Cc1ccc(C(=O)Nc2ccccc2NC(=O)OC(C)(C)C)cc1)C(=O)Nc1ccc(Cl)cc1. The predicted octanol–water partition coefficient (Wildman–Crippen LogP) is 6.54. The van der Waals surface area contributed by atoms with Crippen LogP contribution in [-0.2, 0) is 11.3 Å². The minimum Gasteiger partial charge on any atom is -0.444 e. The quantitative estimate of drug-likeness (QED) is 0.273. The van der Waals surface area contributed by atoms with Crippen LogP contribution in [0.15, 0.2) is 72.8 Å². The maximum Gasteiger partial charge on any atom is 0.412 e. The molecule has 0 aliphatic carbocycles. The van der Waals surface area contributed by atoms with Crippen LogP contribution in [0.2, 0.25) is 5.02 Å². The lowest BCUT2D eigenvalue weighted by Crippen LogP contribution is -2.39. The zero-order chi connectivity index (χ0) is 29.3. The van der Waals surface area contributed by atoms with Crippen molar-refractivity contribution >= 4 is 46.7 Å². The van der Waals surface area contributed by atoms with Crippen LogP contribution in [0.25, 0.3) is 0 Å². The summed E-state index contributed by atoms with van der Waals surface area (Å²) >= 11 is 5.95. The van der Waals surface area contributed by atoms with Crippen LogP contribution < -0.4 is 16.0 Å². The summed E-state index contributed by atoms with van der Waals surface area (Å²) in [5.41, 5.74) is 2.16. The second-order valence-corrected chi connectivity index (χ2v) is 10.9. The fourth-order valence-corrected chi connectivity index (χ4v) is 3.73. The molecule has 0 heterocycles. The number of likely N-dealkylation sites (N-methyl/N-ethyl adjacent to an activating group) is 1. The molecule has 3 aromatic rings. The molecule has 0 fully saturated rings. The maximum atomic E-state index is 13.0. The summed E-state index contributed by atoms with van der Waals surface area (Å²) < 4.78 is 5.31. The fraction of sp³-hybridized carbons (Fsp3) is 0.300. The van der Waals surface area contributed by atoms with Crippen molar-refractivity contribution in [1.29, 1.82) is 0 Å². The van der Waals surface area contributed by atoms with Gasteiger partial charge in [-0.25, -0.2) is 9.59 Å². The van der Waals surface area contributed by atoms with E-state index in [2.05, 4.69) is 16.0 Å². The monoisotopic (exact) mass is 565 g/mol. The smallest absolute Gasteiger partial charge is 0.412 e. The van der Waals surface area contributed by atoms with E-state index >= 15 is 0 Å². The highest BCUT2D eigenvalue weighted by Crippen LogP contribution is 2.23. The van der Waals surface area contributed by atoms with Crippen LogP contribution in [0.4, 0.5) is 26.7 Å². The van der Waals surface area contributed by atoms with Gasteiger partial charge in [0.2, 0.25) is 0 Å². The number of para-hydroxylation sites is 2. The zero-order valence-corrected chi connectivity index (χ0v) is 24.2. The number of rotatable bonds is 9. The molecule has 0 saturated heterocycles. The summed E-state index contributed by atoms with van der Waals surface area (Å²) in [5, 5.41) is 9.01. The lowest BCUT2D eigenvalue weighted by molar-refractivity contribution is 0.0635. The molecular formula is C30H36ClN5O4. The van der Waals surface area contributed by atoms with Gasteiger partial charge in [-0.15, -0.1) is 0 Å². The average Bonchev–Trinajstić information content (AvgIpc) is 2.88. The van der Waals surface area contributed by atoms with Gasteiger partial charge in [0.15, 0.2) is 0 Å². The van der Waals surface area contributed by atoms with Gasteiger partial charge in [0.05, 0.1) is 11.4 Å². The molecule has 9 nitrogen and oxygen atoms in total. The summed E-state index contributed by atoms with van der Waals surface area (Å²) in [6.45, 7) is 6.88. The molecule has 0 spiro atoms. The molecular weight excluding hydrogens is 530 g/mol. The molecule has 0 aliphatic heterocycles. The highest BCUT2D eigenvalue weighted by atomic mass is 35.5. The maximum absolute atomic E-state index is 13.0. The number of urea groups is 1. The first-order chi connectivity index (χ1) is 18.9. The number of anilines is 3. The van der Waals surface area contributed by atoms with Crippen molar-refractivity contribution in [3.8, 4) is 0 Å². The van der Waals surface area contributed by atoms with E-state index in [4.69, 9.17) is 16.3 Å². The molecule has 0 unspecified atom stereocenters. The molecule has 10 heteroatoms. The Balaban J connectivity index is 1.67. The average molecular weight is 566 g/mol. The topological polar surface area (TPSA) is 103 Å². The molecule has 3 rings (SSSR count). The van der Waals surface area contributed by atoms with Gasteiger partial charge >= 0.3 is 12.1 Å². The number of nitrogens with one attached hydrogen (secondary N) is 3. The zero-order valence-electron chi connectivity index (χ0n) is 23.5. The second-order valence-electron chi connectivity index (χ2n) is 10.5. The first kappa shape index (κ1) is 30.5. The predicted molar refractivity (Wildman–Crippen MR) is 160 cm³/mol. The number of halogens is 1. The molecule has 0 aliphatic rings. The lowest BCUT2D eigenvalue weighted by Gasteiger charge is -2.25. The van der Waals surface area contributed by atoms with Gasteiger partial charge in [-0.1, -0.05) is 35.9 Å². The molecule has 3 aromatic carbocycles. The summed E-state index contributed by atoms with van der Waals surface area (Å²) in [6.07, 6.45) is -0.613. The number of hydrogen-bond acceptors (Lipinski definition) is 5. The number of nitrogens with zero attached hydrogens (tertiary/aromatic N) is 2. The van der Waals surface area contributed by atoms with E-state index in [9.17, 15) is 14.4 Å². The Morgan fingerprint density at radius 2 is 1.40 bits per heavy atom. The van der Waals surface area contributed by atoms with Gasteiger partial charge in [0, 0.05) is 35.9 Å². The largest absolute Gasteiger partial charge is 0.444 e. The van der Waals surface area contributed by atoms with Crippen molar-refractivity contribution < 1.29 is 19.1 Å². The Morgan fingerprint density at radius 1 is 0.800 bits per heavy atom. The van der Waals surface area contributed by atoms with Gasteiger partial charge < -0.3 is 25.2 Å². The van der Waals surface area contributed by atoms with Gasteiger partial charge in [0.25, 0.3) is 5.91 Å². The molecule has 4 amide bonds. The van der Waals surface area contributed by atoms with Crippen LogP contribution in [0.3, 0.4) is 0 Å². The third kappa shape index (κ3) is 9.91. The van der Waals surface area contributed by atoms with Gasteiger partial charge in [-0.2, -0.15) is 0 Å². The standard InChI is InChI=1S/C30H36ClN5O4/c1-30(2,3)40-29(39)34-26-9-7-6-8-25(26)33-27(37)22-12-10-21(11-13-22)20-36(19-18-35(4)5)28(38)32-24-16-14-23(31)15-17-24/h6-17H,18-20H2,1-5H3,(H,32,38)(H,33,37)(H,34,39). The van der Waals surface area contributed by atoms with E-state index in [1.807, 2.05) is 31.1 Å². The van der Waals surface area contributed by atoms with Gasteiger partial charge in [0.1, 0.15) is 5.60 Å². The molecule has 0 bridgehead atoms. The molecule has 212 valence electrons. The highest BCUT2D eigenvalue weighted by molar-refractivity contribution is 6.30. The van der Waals surface area contributed by atoms with Gasteiger partial charge in [-0.05, 0) is 89.0 Å². The number of amides is 4. The lowest BCUT2D eigenvalue weighted by atomic mass is 10.1. The summed E-state index contributed by atoms with van der Waals surface area (Å²) in [6, 6.07) is 20.6. The van der Waals surface area contributed by atoms with E-state index in [1.165, 1.54) is 0 Å². The van der Waals surface area contributed by atoms with E-state index in [-0.39, 0.29) is 11.9 Å². The molecule has 0 saturated carbocycles. The Labute approximate surface area is 240 Å². The second kappa shape index (κ2) is 13.8. The molecule has 0 aromatic heterocycles. The summed E-state index contributed by atoms with van der Waals surface area (Å²) in [5.74, 6) is -0.338. The van der Waals surface area contributed by atoms with Crippen molar-refractivity contribution in [2.24, 2.45) is 0 Å². The van der Waals surface area contributed by atoms with E-state index in [0.29, 0.717) is 47.3 Å². The minimum absolute atomic E-state index is 0.236. The van der Waals surface area contributed by atoms with Crippen LogP contribution >= 0.6 is 11.6 Å². The first-order valence-electron chi connectivity index (χ1n) is 12.8. The summed E-state index contributed by atoms with van der Waals surface area (Å²) in [4.78, 5) is 42.0. The van der Waals surface area contributed by atoms with Crippen molar-refractivity contribution in [3.63, 3.8) is 0 Å². The number of carbonyl (C=O) groups excluding carboxylic acids is 3. The third-order valence-electron chi connectivity index (χ3n) is 5.60. The molecule has 0 radical (unpaired) electrons. The van der Waals surface area contributed by atoms with Crippen molar-refractivity contribution in [2.45, 2.75) is 32.9 Å². The number of carbonyl (C=O) groups is 3. The summed E-state index contributed by atoms with van der Waals surface area (Å²) in [7, 11) is 3.90. The normalized spacial score (nSPS) is 11.1. The number of hydrogen-bond donors (Lipinski definition) is 3. The molecule has 3 N–H and O–H groups in total. The molecule has 0 atom stereocenters. The van der Waals surface area contributed by atoms with Crippen LogP contribution in [0, 0.1) is 0 Å². The van der Waals surface area contributed by atoms with E-state index in [0.717, 1.165) is 5.56 Å². The van der Waals surface area contributed by atoms with Crippen molar-refractivity contribution in [1.82, 2.24) is 9.80 Å². The Kier molecular flexibility index (Phi) is 10.5. The Morgan fingerprint density at radius 3 is 1.98 bits per heavy atom. The van der Waals surface area contributed by atoms with E-state index in [1.54, 1.807) is 86.3 Å². The third-order valence-corrected chi connectivity index (χ3v) is 5.85. The van der Waals surface area contributed by atoms with Gasteiger partial charge in [-0.3, -0.25) is 10.1 Å². The van der Waals surface area contributed by atoms with E-state index < -0.39 is 11.7 Å². The Bertz CT molecular complexity index is 1300. The highest BCUT2D eigenvalue weighted by Gasteiger charge is 2.18. The Hall–Kier alpha value is -4.08. The minimum atomic E-state index is -0.650. The van der Waals surface area contributed by atoms with Crippen LogP contribution in [0.5, 0.6) is 0 Å². The van der Waals surface area contributed by atoms with Crippen molar-refractivity contribution in [3.05, 3.63) is 88.9 Å². The first-order valence-corrected chi connectivity index (χ1v) is 13.2. The number of ether oxygens (including phenoxy) is 1. The number of benzene rings is 3. The van der Waals surface area contributed by atoms with Crippen LogP contribution in [-0.4, -0.2) is 60.6 Å². The molecule has 40 heavy (non-hydrogen) atoms.